The van der Waals surface area contributed by atoms with Crippen molar-refractivity contribution in [2.75, 3.05) is 13.1 Å². The number of aromatic nitrogens is 1. The van der Waals surface area contributed by atoms with E-state index in [1.165, 1.54) is 12.1 Å². The summed E-state index contributed by atoms with van der Waals surface area (Å²) in [5.41, 5.74) is 1.76. The van der Waals surface area contributed by atoms with Gasteiger partial charge in [-0.05, 0) is 17.7 Å². The SMILES string of the molecule is O=C1NCCN(Cc2cnc(-c3ccccc3)s2)C1c1cccc(F)c1. The van der Waals surface area contributed by atoms with Gasteiger partial charge in [0.1, 0.15) is 16.9 Å². The fourth-order valence-corrected chi connectivity index (χ4v) is 4.16. The Morgan fingerprint density at radius 2 is 2.04 bits per heavy atom. The van der Waals surface area contributed by atoms with Crippen molar-refractivity contribution >= 4 is 17.2 Å². The molecule has 1 fully saturated rings. The molecule has 2 aromatic carbocycles. The van der Waals surface area contributed by atoms with E-state index in [1.54, 1.807) is 23.5 Å². The van der Waals surface area contributed by atoms with Crippen LogP contribution in [0.15, 0.2) is 60.8 Å². The Hall–Kier alpha value is -2.57. The van der Waals surface area contributed by atoms with Gasteiger partial charge in [0.05, 0.1) is 0 Å². The molecule has 1 aromatic heterocycles. The van der Waals surface area contributed by atoms with E-state index >= 15 is 0 Å². The number of benzene rings is 2. The van der Waals surface area contributed by atoms with Crippen LogP contribution in [0.3, 0.4) is 0 Å². The number of halogens is 1. The maximum absolute atomic E-state index is 13.6. The minimum absolute atomic E-state index is 0.0883. The topological polar surface area (TPSA) is 45.2 Å². The second kappa shape index (κ2) is 7.35. The molecule has 0 saturated carbocycles. The minimum atomic E-state index is -0.485. The van der Waals surface area contributed by atoms with Crippen LogP contribution in [0.2, 0.25) is 0 Å². The number of hydrogen-bond acceptors (Lipinski definition) is 4. The fraction of sp³-hybridized carbons (Fsp3) is 0.200. The van der Waals surface area contributed by atoms with Gasteiger partial charge in [-0.25, -0.2) is 9.37 Å². The summed E-state index contributed by atoms with van der Waals surface area (Å²) in [5.74, 6) is -0.417. The normalized spacial score (nSPS) is 17.9. The average Bonchev–Trinajstić information content (AvgIpc) is 3.11. The zero-order valence-corrected chi connectivity index (χ0v) is 14.9. The van der Waals surface area contributed by atoms with Gasteiger partial charge in [-0.1, -0.05) is 42.5 Å². The van der Waals surface area contributed by atoms with Gasteiger partial charge in [0.2, 0.25) is 5.91 Å². The van der Waals surface area contributed by atoms with E-state index in [-0.39, 0.29) is 11.7 Å². The lowest BCUT2D eigenvalue weighted by Gasteiger charge is -2.34. The molecule has 0 radical (unpaired) electrons. The summed E-state index contributed by atoms with van der Waals surface area (Å²) in [7, 11) is 0. The molecule has 0 spiro atoms. The van der Waals surface area contributed by atoms with Crippen LogP contribution in [0.1, 0.15) is 16.5 Å². The molecule has 1 aliphatic rings. The molecule has 0 aliphatic carbocycles. The average molecular weight is 367 g/mol. The molecule has 132 valence electrons. The van der Waals surface area contributed by atoms with Gasteiger partial charge in [0.15, 0.2) is 0 Å². The summed E-state index contributed by atoms with van der Waals surface area (Å²) < 4.78 is 13.6. The van der Waals surface area contributed by atoms with Crippen LogP contribution < -0.4 is 5.32 Å². The van der Waals surface area contributed by atoms with Gasteiger partial charge in [-0.3, -0.25) is 9.69 Å². The van der Waals surface area contributed by atoms with Crippen molar-refractivity contribution in [1.82, 2.24) is 15.2 Å². The fourth-order valence-electron chi connectivity index (χ4n) is 3.22. The summed E-state index contributed by atoms with van der Waals surface area (Å²) in [5, 5.41) is 3.84. The Bertz CT molecular complexity index is 912. The third-order valence-corrected chi connectivity index (χ3v) is 5.44. The number of carbonyl (C=O) groups excluding carboxylic acids is 1. The molecule has 1 aliphatic heterocycles. The number of hydrogen-bond donors (Lipinski definition) is 1. The Morgan fingerprint density at radius 3 is 2.85 bits per heavy atom. The summed E-state index contributed by atoms with van der Waals surface area (Å²) in [6.45, 7) is 1.92. The molecule has 4 rings (SSSR count). The monoisotopic (exact) mass is 367 g/mol. The predicted molar refractivity (Wildman–Crippen MR) is 100 cm³/mol. The molecule has 1 amide bonds. The van der Waals surface area contributed by atoms with Crippen LogP contribution in [0.4, 0.5) is 4.39 Å². The van der Waals surface area contributed by atoms with E-state index in [4.69, 9.17) is 0 Å². The van der Waals surface area contributed by atoms with Gasteiger partial charge in [0.25, 0.3) is 0 Å². The number of thiazole rings is 1. The first kappa shape index (κ1) is 16.9. The van der Waals surface area contributed by atoms with E-state index in [0.29, 0.717) is 25.2 Å². The number of amides is 1. The molecule has 1 saturated heterocycles. The number of nitrogens with one attached hydrogen (secondary N) is 1. The standard InChI is InChI=1S/C20H18FN3OS/c21-16-8-4-7-15(11-16)18-19(25)22-9-10-24(18)13-17-12-23-20(26-17)14-5-2-1-3-6-14/h1-8,11-12,18H,9-10,13H2,(H,22,25). The molecule has 3 aromatic rings. The highest BCUT2D eigenvalue weighted by molar-refractivity contribution is 7.15. The van der Waals surface area contributed by atoms with Crippen molar-refractivity contribution in [1.29, 1.82) is 0 Å². The maximum atomic E-state index is 13.6. The van der Waals surface area contributed by atoms with Crippen molar-refractivity contribution in [2.45, 2.75) is 12.6 Å². The Kier molecular flexibility index (Phi) is 4.77. The largest absolute Gasteiger partial charge is 0.353 e. The molecule has 1 unspecified atom stereocenters. The Morgan fingerprint density at radius 1 is 1.19 bits per heavy atom. The van der Waals surface area contributed by atoms with Crippen molar-refractivity contribution in [2.24, 2.45) is 0 Å². The molecule has 26 heavy (non-hydrogen) atoms. The number of nitrogens with zero attached hydrogens (tertiary/aromatic N) is 2. The second-order valence-corrected chi connectivity index (χ2v) is 7.33. The molecular weight excluding hydrogens is 349 g/mol. The third kappa shape index (κ3) is 3.52. The maximum Gasteiger partial charge on any atom is 0.242 e. The van der Waals surface area contributed by atoms with Crippen LogP contribution in [0, 0.1) is 5.82 Å². The molecular formula is C20H18FN3OS. The summed E-state index contributed by atoms with van der Waals surface area (Å²) in [6, 6.07) is 15.8. The zero-order chi connectivity index (χ0) is 17.9. The quantitative estimate of drug-likeness (QED) is 0.766. The molecule has 6 heteroatoms. The van der Waals surface area contributed by atoms with E-state index in [9.17, 15) is 9.18 Å². The van der Waals surface area contributed by atoms with Crippen LogP contribution >= 0.6 is 11.3 Å². The van der Waals surface area contributed by atoms with Crippen LogP contribution in [-0.2, 0) is 11.3 Å². The summed E-state index contributed by atoms with van der Waals surface area (Å²) in [6.07, 6.45) is 1.86. The lowest BCUT2D eigenvalue weighted by Crippen LogP contribution is -2.49. The summed E-state index contributed by atoms with van der Waals surface area (Å²) >= 11 is 1.62. The Labute approximate surface area is 155 Å². The molecule has 1 atom stereocenters. The number of piperazine rings is 1. The molecule has 1 N–H and O–H groups in total. The van der Waals surface area contributed by atoms with Gasteiger partial charge in [-0.15, -0.1) is 11.3 Å². The Balaban J connectivity index is 1.58. The first-order valence-electron chi connectivity index (χ1n) is 8.48. The lowest BCUT2D eigenvalue weighted by molar-refractivity contribution is -0.129. The highest BCUT2D eigenvalue weighted by Gasteiger charge is 2.31. The molecule has 2 heterocycles. The minimum Gasteiger partial charge on any atom is -0.353 e. The van der Waals surface area contributed by atoms with Crippen molar-refractivity contribution in [3.8, 4) is 10.6 Å². The summed E-state index contributed by atoms with van der Waals surface area (Å²) in [4.78, 5) is 20.1. The second-order valence-electron chi connectivity index (χ2n) is 6.22. The predicted octanol–water partition coefficient (Wildman–Crippen LogP) is 3.62. The smallest absolute Gasteiger partial charge is 0.242 e. The molecule has 0 bridgehead atoms. The van der Waals surface area contributed by atoms with Gasteiger partial charge < -0.3 is 5.32 Å². The van der Waals surface area contributed by atoms with Crippen LogP contribution in [0.5, 0.6) is 0 Å². The lowest BCUT2D eigenvalue weighted by atomic mass is 10.0. The highest BCUT2D eigenvalue weighted by Crippen LogP contribution is 2.30. The van der Waals surface area contributed by atoms with E-state index in [1.807, 2.05) is 36.5 Å². The van der Waals surface area contributed by atoms with Crippen molar-refractivity contribution in [3.05, 3.63) is 77.1 Å². The zero-order valence-electron chi connectivity index (χ0n) is 14.1. The number of rotatable bonds is 4. The first-order valence-corrected chi connectivity index (χ1v) is 9.30. The number of carbonyl (C=O) groups is 1. The van der Waals surface area contributed by atoms with Gasteiger partial charge in [0, 0.05) is 36.3 Å². The van der Waals surface area contributed by atoms with Crippen LogP contribution in [-0.4, -0.2) is 28.9 Å². The van der Waals surface area contributed by atoms with Crippen LogP contribution in [0.25, 0.3) is 10.6 Å². The van der Waals surface area contributed by atoms with Crippen molar-refractivity contribution in [3.63, 3.8) is 0 Å². The van der Waals surface area contributed by atoms with E-state index < -0.39 is 6.04 Å². The van der Waals surface area contributed by atoms with Crippen molar-refractivity contribution < 1.29 is 9.18 Å². The van der Waals surface area contributed by atoms with Gasteiger partial charge in [-0.2, -0.15) is 0 Å². The highest BCUT2D eigenvalue weighted by atomic mass is 32.1. The van der Waals surface area contributed by atoms with E-state index in [2.05, 4.69) is 15.2 Å². The first-order chi connectivity index (χ1) is 12.7. The van der Waals surface area contributed by atoms with E-state index in [0.717, 1.165) is 15.4 Å². The van der Waals surface area contributed by atoms with Gasteiger partial charge >= 0.3 is 0 Å². The molecule has 4 nitrogen and oxygen atoms in total. The third-order valence-electron chi connectivity index (χ3n) is 4.41.